The summed E-state index contributed by atoms with van der Waals surface area (Å²) in [4.78, 5) is 35.9. The monoisotopic (exact) mass is 497 g/mol. The van der Waals surface area contributed by atoms with Crippen LogP contribution in [0.3, 0.4) is 0 Å². The summed E-state index contributed by atoms with van der Waals surface area (Å²) in [6.45, 7) is 1.69. The number of amides is 1. The van der Waals surface area contributed by atoms with Gasteiger partial charge < -0.3 is 16.8 Å². The van der Waals surface area contributed by atoms with E-state index < -0.39 is 5.91 Å². The van der Waals surface area contributed by atoms with E-state index in [-0.39, 0.29) is 17.0 Å². The Morgan fingerprint density at radius 3 is 2.59 bits per heavy atom. The number of anilines is 1. The number of allylic oxidation sites excluding steroid dienone is 1. The Bertz CT molecular complexity index is 1500. The van der Waals surface area contributed by atoms with Crippen LogP contribution in [0.2, 0.25) is 10.0 Å². The summed E-state index contributed by atoms with van der Waals surface area (Å²) >= 11 is 12.3. The molecule has 0 radical (unpaired) electrons. The molecule has 0 unspecified atom stereocenters. The van der Waals surface area contributed by atoms with Crippen molar-refractivity contribution >= 4 is 52.3 Å². The third-order valence-electron chi connectivity index (χ3n) is 4.67. The van der Waals surface area contributed by atoms with Crippen LogP contribution in [0.15, 0.2) is 63.8 Å². The second-order valence-electron chi connectivity index (χ2n) is 6.99. The van der Waals surface area contributed by atoms with E-state index in [4.69, 9.17) is 34.7 Å². The van der Waals surface area contributed by atoms with Gasteiger partial charge in [-0.2, -0.15) is 10.1 Å². The van der Waals surface area contributed by atoms with Crippen LogP contribution in [0.4, 0.5) is 11.4 Å². The van der Waals surface area contributed by atoms with E-state index in [1.807, 2.05) is 0 Å². The number of halogens is 2. The fraction of sp³-hybridized carbons (Fsp3) is 0.0476. The smallest absolute Gasteiger partial charge is 0.275 e. The molecule has 0 saturated carbocycles. The molecule has 0 aliphatic heterocycles. The molecule has 0 atom stereocenters. The molecule has 0 fully saturated rings. The zero-order valence-corrected chi connectivity index (χ0v) is 19.1. The number of para-hydroxylation sites is 1. The molecule has 11 nitrogen and oxygen atoms in total. The molecule has 0 saturated heterocycles. The van der Waals surface area contributed by atoms with E-state index in [2.05, 4.69) is 30.5 Å². The van der Waals surface area contributed by atoms with Crippen LogP contribution in [-0.2, 0) is 4.79 Å². The molecule has 1 amide bonds. The van der Waals surface area contributed by atoms with Crippen LogP contribution in [0.5, 0.6) is 0 Å². The third-order valence-corrected chi connectivity index (χ3v) is 5.28. The minimum Gasteiger partial charge on any atom is -0.393 e. The Morgan fingerprint density at radius 2 is 1.94 bits per heavy atom. The number of nitrogens with two attached hydrogens (primary N) is 2. The number of primary amides is 1. The number of carbonyl (C=O) groups excluding carboxylic acids is 1. The molecular formula is C21H17Cl2N9O2. The molecule has 6 N–H and O–H groups in total. The summed E-state index contributed by atoms with van der Waals surface area (Å²) < 4.78 is 1.67. The number of benzene rings is 1. The first kappa shape index (κ1) is 23.0. The minimum atomic E-state index is -0.844. The van der Waals surface area contributed by atoms with E-state index in [1.54, 1.807) is 41.7 Å². The van der Waals surface area contributed by atoms with Gasteiger partial charge in [0.25, 0.3) is 11.5 Å². The highest BCUT2D eigenvalue weighted by Crippen LogP contribution is 2.32. The van der Waals surface area contributed by atoms with E-state index in [9.17, 15) is 9.59 Å². The van der Waals surface area contributed by atoms with Crippen molar-refractivity contribution in [1.29, 1.82) is 0 Å². The van der Waals surface area contributed by atoms with Crippen LogP contribution in [0.1, 0.15) is 5.82 Å². The van der Waals surface area contributed by atoms with Gasteiger partial charge in [-0.05, 0) is 31.2 Å². The fourth-order valence-electron chi connectivity index (χ4n) is 3.08. The lowest BCUT2D eigenvalue weighted by Crippen LogP contribution is -2.25. The Kier molecular flexibility index (Phi) is 6.30. The van der Waals surface area contributed by atoms with Crippen molar-refractivity contribution in [2.45, 2.75) is 6.92 Å². The molecule has 34 heavy (non-hydrogen) atoms. The van der Waals surface area contributed by atoms with Crippen molar-refractivity contribution in [2.24, 2.45) is 16.5 Å². The number of aromatic nitrogens is 5. The number of hydrogen-bond donors (Lipinski definition) is 4. The summed E-state index contributed by atoms with van der Waals surface area (Å²) in [6.07, 6.45) is 2.80. The van der Waals surface area contributed by atoms with Crippen molar-refractivity contribution in [3.05, 3.63) is 80.2 Å². The molecule has 1 aromatic carbocycles. The molecule has 3 heterocycles. The highest BCUT2D eigenvalue weighted by atomic mass is 35.5. The number of H-pyrrole nitrogens is 1. The number of carbonyl (C=O) groups is 1. The molecule has 13 heteroatoms. The van der Waals surface area contributed by atoms with Gasteiger partial charge in [0.2, 0.25) is 0 Å². The number of rotatable bonds is 6. The van der Waals surface area contributed by atoms with Crippen molar-refractivity contribution in [2.75, 3.05) is 5.32 Å². The lowest BCUT2D eigenvalue weighted by atomic mass is 10.2. The van der Waals surface area contributed by atoms with Crippen LogP contribution < -0.4 is 22.3 Å². The topological polar surface area (TPSA) is 169 Å². The molecule has 3 aromatic heterocycles. The average Bonchev–Trinajstić information content (AvgIpc) is 3.22. The van der Waals surface area contributed by atoms with Crippen molar-refractivity contribution < 1.29 is 4.79 Å². The summed E-state index contributed by atoms with van der Waals surface area (Å²) in [5.74, 6) is 0.0851. The van der Waals surface area contributed by atoms with Gasteiger partial charge >= 0.3 is 0 Å². The van der Waals surface area contributed by atoms with E-state index in [1.165, 1.54) is 18.5 Å². The zero-order valence-electron chi connectivity index (χ0n) is 17.6. The first-order valence-electron chi connectivity index (χ1n) is 9.70. The molecule has 172 valence electrons. The Labute approximate surface area is 202 Å². The minimum absolute atomic E-state index is 0.126. The number of nitrogens with one attached hydrogen (secondary N) is 2. The zero-order chi connectivity index (χ0) is 24.4. The number of hydrogen-bond acceptors (Lipinski definition) is 8. The molecule has 4 rings (SSSR count). The van der Waals surface area contributed by atoms with E-state index in [0.29, 0.717) is 44.4 Å². The first-order valence-corrected chi connectivity index (χ1v) is 10.5. The first-order chi connectivity index (χ1) is 16.2. The van der Waals surface area contributed by atoms with E-state index in [0.717, 1.165) is 0 Å². The molecule has 0 aliphatic carbocycles. The van der Waals surface area contributed by atoms with E-state index >= 15 is 0 Å². The van der Waals surface area contributed by atoms with Crippen LogP contribution in [0, 0.1) is 6.92 Å². The normalized spacial score (nSPS) is 12.2. The number of pyridine rings is 1. The number of aryl methyl sites for hydroxylation is 1. The summed E-state index contributed by atoms with van der Waals surface area (Å²) in [5.41, 5.74) is 12.5. The number of nitrogens with zero attached hydrogens (tertiary/aromatic N) is 5. The van der Waals surface area contributed by atoms with Crippen molar-refractivity contribution in [3.8, 4) is 11.5 Å². The maximum atomic E-state index is 11.7. The molecule has 4 aromatic rings. The van der Waals surface area contributed by atoms with Gasteiger partial charge in [-0.25, -0.2) is 0 Å². The lowest BCUT2D eigenvalue weighted by molar-refractivity contribution is -0.114. The predicted octanol–water partition coefficient (Wildman–Crippen LogP) is 2.56. The maximum Gasteiger partial charge on any atom is 0.275 e. The Balaban J connectivity index is 1.65. The lowest BCUT2D eigenvalue weighted by Gasteiger charge is -2.10. The van der Waals surface area contributed by atoms with Crippen LogP contribution in [-0.4, -0.2) is 36.7 Å². The standard InChI is InChI=1S/C21H17Cl2N9O2/c1-10-28-17(33)7-16-30-31-21(32(10)16)14-6-5-11(8-26-14)29-15(18(24)20(25)34)9-27-19-12(22)3-2-4-13(19)23/h2-9,29-30H,24H2,1H3,(H2,25,34). The van der Waals surface area contributed by atoms with Crippen LogP contribution >= 0.6 is 23.2 Å². The molecule has 0 bridgehead atoms. The number of fused-ring (bicyclic) bond motifs is 1. The molecular weight excluding hydrogens is 481 g/mol. The van der Waals surface area contributed by atoms with Gasteiger partial charge in [0.1, 0.15) is 28.5 Å². The SMILES string of the molecule is Cc1nc(=O)cc2[nH]nc(-c3ccc(NC(C=Nc4c(Cl)cccc4Cl)=C(N)C(N)=O)cn3)n12. The van der Waals surface area contributed by atoms with Crippen molar-refractivity contribution in [1.82, 2.24) is 24.6 Å². The number of aliphatic imine (C=N–C) groups is 1. The van der Waals surface area contributed by atoms with Crippen LogP contribution in [0.25, 0.3) is 17.2 Å². The Morgan fingerprint density at radius 1 is 1.21 bits per heavy atom. The highest BCUT2D eigenvalue weighted by molar-refractivity contribution is 6.38. The second kappa shape index (κ2) is 9.33. The summed E-state index contributed by atoms with van der Waals surface area (Å²) in [6, 6.07) is 9.66. The predicted molar refractivity (Wildman–Crippen MR) is 130 cm³/mol. The Hall–Kier alpha value is -4.22. The van der Waals surface area contributed by atoms with Crippen molar-refractivity contribution in [3.63, 3.8) is 0 Å². The van der Waals surface area contributed by atoms with Gasteiger partial charge in [0, 0.05) is 6.07 Å². The van der Waals surface area contributed by atoms with Gasteiger partial charge in [-0.1, -0.05) is 29.3 Å². The number of aromatic amines is 1. The maximum absolute atomic E-state index is 11.7. The summed E-state index contributed by atoms with van der Waals surface area (Å²) in [5, 5.41) is 10.6. The molecule has 0 spiro atoms. The fourth-order valence-corrected chi connectivity index (χ4v) is 3.57. The molecule has 0 aliphatic rings. The van der Waals surface area contributed by atoms with Gasteiger partial charge in [0.05, 0.1) is 33.8 Å². The summed E-state index contributed by atoms with van der Waals surface area (Å²) in [7, 11) is 0. The quantitative estimate of drug-likeness (QED) is 0.234. The third kappa shape index (κ3) is 4.60. The van der Waals surface area contributed by atoms with Gasteiger partial charge in [-0.15, -0.1) is 0 Å². The van der Waals surface area contributed by atoms with Gasteiger partial charge in [-0.3, -0.25) is 29.1 Å². The second-order valence-corrected chi connectivity index (χ2v) is 7.80. The highest BCUT2D eigenvalue weighted by Gasteiger charge is 2.13. The average molecular weight is 498 g/mol. The van der Waals surface area contributed by atoms with Gasteiger partial charge in [0.15, 0.2) is 5.82 Å². The largest absolute Gasteiger partial charge is 0.393 e.